The smallest absolute Gasteiger partial charge is 0.342 e. The Morgan fingerprint density at radius 3 is 2.95 bits per heavy atom. The quantitative estimate of drug-likeness (QED) is 0.777. The van der Waals surface area contributed by atoms with Crippen molar-refractivity contribution in [3.05, 3.63) is 29.5 Å². The second-order valence-corrected chi connectivity index (χ2v) is 5.34. The Morgan fingerprint density at radius 1 is 1.42 bits per heavy atom. The predicted octanol–water partition coefficient (Wildman–Crippen LogP) is 3.32. The van der Waals surface area contributed by atoms with Crippen LogP contribution in [0, 0.1) is 0 Å². The minimum absolute atomic E-state index is 0.229. The SMILES string of the molecule is CCOC(=O)c1coc2c3c(ccc12)CC(C)(C)O3. The molecule has 0 aliphatic carbocycles. The van der Waals surface area contributed by atoms with Crippen molar-refractivity contribution >= 4 is 16.9 Å². The van der Waals surface area contributed by atoms with Gasteiger partial charge >= 0.3 is 5.97 Å². The fraction of sp³-hybridized carbons (Fsp3) is 0.400. The van der Waals surface area contributed by atoms with Gasteiger partial charge in [-0.3, -0.25) is 0 Å². The fourth-order valence-electron chi connectivity index (χ4n) is 2.50. The maximum atomic E-state index is 11.8. The van der Waals surface area contributed by atoms with Gasteiger partial charge in [0.2, 0.25) is 0 Å². The molecule has 0 spiro atoms. The molecule has 1 aromatic carbocycles. The first-order valence-corrected chi connectivity index (χ1v) is 6.41. The Hall–Kier alpha value is -1.97. The fourth-order valence-corrected chi connectivity index (χ4v) is 2.50. The van der Waals surface area contributed by atoms with E-state index in [4.69, 9.17) is 13.9 Å². The molecule has 2 aromatic rings. The van der Waals surface area contributed by atoms with E-state index in [1.54, 1.807) is 6.92 Å². The number of furan rings is 1. The molecule has 0 unspecified atom stereocenters. The molecule has 1 aromatic heterocycles. The second-order valence-electron chi connectivity index (χ2n) is 5.34. The molecule has 4 nitrogen and oxygen atoms in total. The lowest BCUT2D eigenvalue weighted by molar-refractivity contribution is 0.0527. The third-order valence-electron chi connectivity index (χ3n) is 3.27. The Bertz CT molecular complexity index is 651. The molecule has 1 aliphatic heterocycles. The van der Waals surface area contributed by atoms with Crippen LogP contribution in [0.15, 0.2) is 22.8 Å². The molecule has 4 heteroatoms. The Labute approximate surface area is 111 Å². The van der Waals surface area contributed by atoms with Crippen molar-refractivity contribution < 1.29 is 18.7 Å². The first kappa shape index (κ1) is 12.1. The summed E-state index contributed by atoms with van der Waals surface area (Å²) in [5.41, 5.74) is 1.97. The lowest BCUT2D eigenvalue weighted by atomic mass is 10.0. The third kappa shape index (κ3) is 1.87. The van der Waals surface area contributed by atoms with E-state index >= 15 is 0 Å². The minimum Gasteiger partial charge on any atom is -0.483 e. The number of hydrogen-bond donors (Lipinski definition) is 0. The molecule has 0 amide bonds. The molecule has 3 rings (SSSR count). The zero-order valence-electron chi connectivity index (χ0n) is 11.3. The molecule has 0 fully saturated rings. The van der Waals surface area contributed by atoms with Gasteiger partial charge in [0.15, 0.2) is 11.3 Å². The zero-order chi connectivity index (χ0) is 13.6. The van der Waals surface area contributed by atoms with E-state index in [1.165, 1.54) is 6.26 Å². The van der Waals surface area contributed by atoms with E-state index in [0.29, 0.717) is 17.8 Å². The number of fused-ring (bicyclic) bond motifs is 3. The maximum absolute atomic E-state index is 11.8. The minimum atomic E-state index is -0.363. The first-order valence-electron chi connectivity index (χ1n) is 6.41. The van der Waals surface area contributed by atoms with Gasteiger partial charge in [-0.25, -0.2) is 4.79 Å². The topological polar surface area (TPSA) is 48.7 Å². The van der Waals surface area contributed by atoms with Gasteiger partial charge in [0, 0.05) is 17.4 Å². The van der Waals surface area contributed by atoms with Gasteiger partial charge in [0.25, 0.3) is 0 Å². The van der Waals surface area contributed by atoms with Gasteiger partial charge in [-0.05, 0) is 26.8 Å². The third-order valence-corrected chi connectivity index (χ3v) is 3.27. The Morgan fingerprint density at radius 2 is 2.21 bits per heavy atom. The van der Waals surface area contributed by atoms with E-state index in [0.717, 1.165) is 23.1 Å². The van der Waals surface area contributed by atoms with Crippen LogP contribution in [-0.2, 0) is 11.2 Å². The van der Waals surface area contributed by atoms with E-state index < -0.39 is 0 Å². The highest BCUT2D eigenvalue weighted by atomic mass is 16.5. The van der Waals surface area contributed by atoms with Crippen LogP contribution in [0.5, 0.6) is 5.75 Å². The zero-order valence-corrected chi connectivity index (χ0v) is 11.3. The van der Waals surface area contributed by atoms with Crippen molar-refractivity contribution in [3.63, 3.8) is 0 Å². The lowest BCUT2D eigenvalue weighted by Gasteiger charge is -2.16. The number of esters is 1. The number of hydrogen-bond acceptors (Lipinski definition) is 4. The van der Waals surface area contributed by atoms with Crippen molar-refractivity contribution in [3.8, 4) is 5.75 Å². The average molecular weight is 260 g/mol. The van der Waals surface area contributed by atoms with E-state index in [1.807, 2.05) is 26.0 Å². The van der Waals surface area contributed by atoms with Crippen LogP contribution in [0.25, 0.3) is 11.0 Å². The van der Waals surface area contributed by atoms with E-state index in [9.17, 15) is 4.79 Å². The summed E-state index contributed by atoms with van der Waals surface area (Å²) < 4.78 is 16.5. The van der Waals surface area contributed by atoms with Crippen LogP contribution < -0.4 is 4.74 Å². The Balaban J connectivity index is 2.11. The van der Waals surface area contributed by atoms with Gasteiger partial charge in [-0.2, -0.15) is 0 Å². The highest BCUT2D eigenvalue weighted by Crippen LogP contribution is 2.41. The molecule has 19 heavy (non-hydrogen) atoms. The van der Waals surface area contributed by atoms with Crippen LogP contribution in [0.2, 0.25) is 0 Å². The normalized spacial score (nSPS) is 16.2. The summed E-state index contributed by atoms with van der Waals surface area (Å²) in [4.78, 5) is 11.8. The summed E-state index contributed by atoms with van der Waals surface area (Å²) in [5.74, 6) is 0.386. The monoisotopic (exact) mass is 260 g/mol. The number of ether oxygens (including phenoxy) is 2. The number of rotatable bonds is 2. The van der Waals surface area contributed by atoms with Crippen LogP contribution in [-0.4, -0.2) is 18.2 Å². The molecular weight excluding hydrogens is 244 g/mol. The average Bonchev–Trinajstić information content (AvgIpc) is 2.87. The van der Waals surface area contributed by atoms with E-state index in [2.05, 4.69) is 0 Å². The molecule has 0 N–H and O–H groups in total. The molecule has 100 valence electrons. The summed E-state index contributed by atoms with van der Waals surface area (Å²) >= 11 is 0. The standard InChI is InChI=1S/C15H16O4/c1-4-17-14(16)11-8-18-13-10(11)6-5-9-7-15(2,3)19-12(9)13/h5-6,8H,4,7H2,1-3H3. The molecule has 1 aliphatic rings. The molecule has 0 saturated carbocycles. The van der Waals surface area contributed by atoms with Gasteiger partial charge in [0.1, 0.15) is 17.4 Å². The van der Waals surface area contributed by atoms with Crippen molar-refractivity contribution in [2.75, 3.05) is 6.61 Å². The first-order chi connectivity index (χ1) is 9.02. The van der Waals surface area contributed by atoms with Crippen molar-refractivity contribution in [2.24, 2.45) is 0 Å². The number of carbonyl (C=O) groups excluding carboxylic acids is 1. The van der Waals surface area contributed by atoms with Crippen molar-refractivity contribution in [2.45, 2.75) is 32.8 Å². The molecule has 0 atom stereocenters. The summed E-state index contributed by atoms with van der Waals surface area (Å²) in [7, 11) is 0. The molecule has 0 radical (unpaired) electrons. The number of benzene rings is 1. The summed E-state index contributed by atoms with van der Waals surface area (Å²) in [6, 6.07) is 3.89. The molecule has 0 saturated heterocycles. The van der Waals surface area contributed by atoms with Crippen molar-refractivity contribution in [1.29, 1.82) is 0 Å². The van der Waals surface area contributed by atoms with Gasteiger partial charge < -0.3 is 13.9 Å². The second kappa shape index (κ2) is 4.02. The van der Waals surface area contributed by atoms with Crippen LogP contribution >= 0.6 is 0 Å². The number of carbonyl (C=O) groups is 1. The predicted molar refractivity (Wildman–Crippen MR) is 70.6 cm³/mol. The molecule has 2 heterocycles. The van der Waals surface area contributed by atoms with Gasteiger partial charge in [0.05, 0.1) is 6.61 Å². The lowest BCUT2D eigenvalue weighted by Crippen LogP contribution is -2.24. The summed E-state index contributed by atoms with van der Waals surface area (Å²) in [6.45, 7) is 6.20. The summed E-state index contributed by atoms with van der Waals surface area (Å²) in [6.07, 6.45) is 2.28. The highest BCUT2D eigenvalue weighted by Gasteiger charge is 2.33. The maximum Gasteiger partial charge on any atom is 0.342 e. The van der Waals surface area contributed by atoms with Crippen LogP contribution in [0.1, 0.15) is 36.7 Å². The van der Waals surface area contributed by atoms with Crippen LogP contribution in [0.3, 0.4) is 0 Å². The molecular formula is C15H16O4. The molecule has 0 bridgehead atoms. The Kier molecular flexibility index (Phi) is 2.55. The van der Waals surface area contributed by atoms with Gasteiger partial charge in [-0.15, -0.1) is 0 Å². The largest absolute Gasteiger partial charge is 0.483 e. The summed E-state index contributed by atoms with van der Waals surface area (Å²) in [5, 5.41) is 0.745. The van der Waals surface area contributed by atoms with Gasteiger partial charge in [-0.1, -0.05) is 6.07 Å². The van der Waals surface area contributed by atoms with E-state index in [-0.39, 0.29) is 11.6 Å². The van der Waals surface area contributed by atoms with Crippen molar-refractivity contribution in [1.82, 2.24) is 0 Å². The highest BCUT2D eigenvalue weighted by molar-refractivity contribution is 6.05. The van der Waals surface area contributed by atoms with Crippen LogP contribution in [0.4, 0.5) is 0 Å².